The summed E-state index contributed by atoms with van der Waals surface area (Å²) in [6.45, 7) is 7.12. The number of rotatable bonds is 7. The standard InChI is InChI=1S/C17H23N3O2/c1-4-5-7-18-17(21)16-6-8-20(19-16)12-22-15-10-13(2)9-14(3)11-15/h6,8-11H,4-5,7,12H2,1-3H3,(H,18,21). The average Bonchev–Trinajstić information content (AvgIpc) is 2.93. The van der Waals surface area contributed by atoms with Gasteiger partial charge in [-0.25, -0.2) is 4.68 Å². The van der Waals surface area contributed by atoms with Gasteiger partial charge in [0.25, 0.3) is 5.91 Å². The summed E-state index contributed by atoms with van der Waals surface area (Å²) in [4.78, 5) is 11.9. The molecule has 118 valence electrons. The molecule has 1 N–H and O–H groups in total. The van der Waals surface area contributed by atoms with Crippen molar-refractivity contribution < 1.29 is 9.53 Å². The zero-order valence-corrected chi connectivity index (χ0v) is 13.4. The molecule has 5 heteroatoms. The summed E-state index contributed by atoms with van der Waals surface area (Å²) in [7, 11) is 0. The molecule has 1 heterocycles. The fraction of sp³-hybridized carbons (Fsp3) is 0.412. The van der Waals surface area contributed by atoms with Crippen LogP contribution in [0.3, 0.4) is 0 Å². The van der Waals surface area contributed by atoms with Crippen LogP contribution in [0.15, 0.2) is 30.5 Å². The number of aromatic nitrogens is 2. The molecule has 2 aromatic rings. The highest BCUT2D eigenvalue weighted by atomic mass is 16.5. The number of ether oxygens (including phenoxy) is 1. The maximum Gasteiger partial charge on any atom is 0.271 e. The Morgan fingerprint density at radius 2 is 2.00 bits per heavy atom. The van der Waals surface area contributed by atoms with Gasteiger partial charge in [0.2, 0.25) is 0 Å². The second-order valence-electron chi connectivity index (χ2n) is 5.45. The number of nitrogens with zero attached hydrogens (tertiary/aromatic N) is 2. The summed E-state index contributed by atoms with van der Waals surface area (Å²) in [5.41, 5.74) is 2.73. The van der Waals surface area contributed by atoms with E-state index in [1.807, 2.05) is 26.0 Å². The predicted molar refractivity (Wildman–Crippen MR) is 86.0 cm³/mol. The first-order chi connectivity index (χ1) is 10.6. The molecule has 1 aromatic carbocycles. The van der Waals surface area contributed by atoms with E-state index in [1.165, 1.54) is 0 Å². The molecule has 0 aliphatic carbocycles. The normalized spacial score (nSPS) is 10.5. The van der Waals surface area contributed by atoms with Crippen LogP contribution < -0.4 is 10.1 Å². The molecule has 0 atom stereocenters. The van der Waals surface area contributed by atoms with Gasteiger partial charge in [-0.15, -0.1) is 0 Å². The van der Waals surface area contributed by atoms with E-state index >= 15 is 0 Å². The fourth-order valence-corrected chi connectivity index (χ4v) is 2.18. The quantitative estimate of drug-likeness (QED) is 0.800. The highest BCUT2D eigenvalue weighted by Gasteiger charge is 2.08. The van der Waals surface area contributed by atoms with Crippen LogP contribution in [0.4, 0.5) is 0 Å². The first-order valence-electron chi connectivity index (χ1n) is 7.61. The Balaban J connectivity index is 1.90. The maximum atomic E-state index is 11.9. The van der Waals surface area contributed by atoms with Crippen molar-refractivity contribution in [3.05, 3.63) is 47.3 Å². The first kappa shape index (κ1) is 16.1. The van der Waals surface area contributed by atoms with E-state index in [2.05, 4.69) is 23.4 Å². The molecule has 2 rings (SSSR count). The van der Waals surface area contributed by atoms with Crippen LogP contribution in [0.1, 0.15) is 41.4 Å². The van der Waals surface area contributed by atoms with Crippen molar-refractivity contribution in [2.75, 3.05) is 6.54 Å². The number of benzene rings is 1. The molecule has 0 saturated heterocycles. The lowest BCUT2D eigenvalue weighted by Gasteiger charge is -2.08. The van der Waals surface area contributed by atoms with Gasteiger partial charge in [-0.3, -0.25) is 4.79 Å². The molecule has 5 nitrogen and oxygen atoms in total. The van der Waals surface area contributed by atoms with Crippen LogP contribution in [0.25, 0.3) is 0 Å². The van der Waals surface area contributed by atoms with Crippen LogP contribution in [-0.2, 0) is 6.73 Å². The zero-order valence-electron chi connectivity index (χ0n) is 13.4. The van der Waals surface area contributed by atoms with Gasteiger partial charge >= 0.3 is 0 Å². The lowest BCUT2D eigenvalue weighted by molar-refractivity contribution is 0.0946. The number of amides is 1. The Hall–Kier alpha value is -2.30. The lowest BCUT2D eigenvalue weighted by Crippen LogP contribution is -2.25. The van der Waals surface area contributed by atoms with Gasteiger partial charge in [-0.1, -0.05) is 19.4 Å². The maximum absolute atomic E-state index is 11.9. The third-order valence-corrected chi connectivity index (χ3v) is 3.25. The number of hydrogen-bond donors (Lipinski definition) is 1. The lowest BCUT2D eigenvalue weighted by atomic mass is 10.1. The summed E-state index contributed by atoms with van der Waals surface area (Å²) < 4.78 is 7.33. The van der Waals surface area contributed by atoms with E-state index in [-0.39, 0.29) is 12.6 Å². The topological polar surface area (TPSA) is 56.2 Å². The van der Waals surface area contributed by atoms with Crippen LogP contribution in [0.2, 0.25) is 0 Å². The Labute approximate surface area is 131 Å². The summed E-state index contributed by atoms with van der Waals surface area (Å²) >= 11 is 0. The van der Waals surface area contributed by atoms with Crippen molar-refractivity contribution in [3.63, 3.8) is 0 Å². The number of nitrogens with one attached hydrogen (secondary N) is 1. The number of hydrogen-bond acceptors (Lipinski definition) is 3. The predicted octanol–water partition coefficient (Wildman–Crippen LogP) is 3.07. The highest BCUT2D eigenvalue weighted by Crippen LogP contribution is 2.16. The molecule has 0 bridgehead atoms. The average molecular weight is 301 g/mol. The molecule has 1 aromatic heterocycles. The van der Waals surface area contributed by atoms with E-state index < -0.39 is 0 Å². The molecule has 0 fully saturated rings. The molecule has 0 aliphatic rings. The summed E-state index contributed by atoms with van der Waals surface area (Å²) in [5.74, 6) is 0.667. The summed E-state index contributed by atoms with van der Waals surface area (Å²) in [6, 6.07) is 7.76. The minimum absolute atomic E-state index is 0.140. The van der Waals surface area contributed by atoms with Gasteiger partial charge in [-0.05, 0) is 49.6 Å². The third-order valence-electron chi connectivity index (χ3n) is 3.25. The van der Waals surface area contributed by atoms with E-state index in [1.54, 1.807) is 16.9 Å². The second-order valence-corrected chi connectivity index (χ2v) is 5.45. The summed E-state index contributed by atoms with van der Waals surface area (Å²) in [5, 5.41) is 7.07. The second kappa shape index (κ2) is 7.64. The van der Waals surface area contributed by atoms with Gasteiger partial charge in [0.1, 0.15) is 11.4 Å². The zero-order chi connectivity index (χ0) is 15.9. The van der Waals surface area contributed by atoms with Gasteiger partial charge < -0.3 is 10.1 Å². The van der Waals surface area contributed by atoms with Crippen molar-refractivity contribution >= 4 is 5.91 Å². The van der Waals surface area contributed by atoms with Gasteiger partial charge in [0, 0.05) is 12.7 Å². The first-order valence-corrected chi connectivity index (χ1v) is 7.61. The smallest absolute Gasteiger partial charge is 0.271 e. The van der Waals surface area contributed by atoms with Crippen LogP contribution in [0.5, 0.6) is 5.75 Å². The number of aryl methyl sites for hydroxylation is 2. The van der Waals surface area contributed by atoms with Crippen molar-refractivity contribution in [1.82, 2.24) is 15.1 Å². The molecular formula is C17H23N3O2. The Kier molecular flexibility index (Phi) is 5.58. The van der Waals surface area contributed by atoms with Gasteiger partial charge in [0.15, 0.2) is 6.73 Å². The third kappa shape index (κ3) is 4.62. The van der Waals surface area contributed by atoms with Crippen molar-refractivity contribution in [2.24, 2.45) is 0 Å². The van der Waals surface area contributed by atoms with Crippen LogP contribution >= 0.6 is 0 Å². The van der Waals surface area contributed by atoms with Gasteiger partial charge in [0.05, 0.1) is 0 Å². The number of carbonyl (C=O) groups excluding carboxylic acids is 1. The number of unbranched alkanes of at least 4 members (excludes halogenated alkanes) is 1. The van der Waals surface area contributed by atoms with E-state index in [4.69, 9.17) is 4.74 Å². The van der Waals surface area contributed by atoms with Crippen LogP contribution in [0, 0.1) is 13.8 Å². The number of carbonyl (C=O) groups is 1. The molecule has 0 spiro atoms. The molecule has 22 heavy (non-hydrogen) atoms. The van der Waals surface area contributed by atoms with Crippen molar-refractivity contribution in [3.8, 4) is 5.75 Å². The molecule has 0 aliphatic heterocycles. The minimum atomic E-state index is -0.140. The Morgan fingerprint density at radius 1 is 1.27 bits per heavy atom. The molecule has 1 amide bonds. The fourth-order valence-electron chi connectivity index (χ4n) is 2.18. The van der Waals surface area contributed by atoms with Crippen LogP contribution in [-0.4, -0.2) is 22.2 Å². The Morgan fingerprint density at radius 3 is 2.68 bits per heavy atom. The molecule has 0 saturated carbocycles. The molecule has 0 unspecified atom stereocenters. The van der Waals surface area contributed by atoms with Gasteiger partial charge in [-0.2, -0.15) is 5.10 Å². The van der Waals surface area contributed by atoms with E-state index in [0.29, 0.717) is 12.2 Å². The highest BCUT2D eigenvalue weighted by molar-refractivity contribution is 5.92. The minimum Gasteiger partial charge on any atom is -0.471 e. The molecular weight excluding hydrogens is 278 g/mol. The monoisotopic (exact) mass is 301 g/mol. The Bertz CT molecular complexity index is 614. The van der Waals surface area contributed by atoms with E-state index in [0.717, 1.165) is 29.7 Å². The largest absolute Gasteiger partial charge is 0.471 e. The van der Waals surface area contributed by atoms with Crippen molar-refractivity contribution in [2.45, 2.75) is 40.3 Å². The summed E-state index contributed by atoms with van der Waals surface area (Å²) in [6.07, 6.45) is 3.78. The SMILES string of the molecule is CCCCNC(=O)c1ccn(COc2cc(C)cc(C)c2)n1. The van der Waals surface area contributed by atoms with Crippen molar-refractivity contribution in [1.29, 1.82) is 0 Å². The van der Waals surface area contributed by atoms with E-state index in [9.17, 15) is 4.79 Å². The molecule has 0 radical (unpaired) electrons.